The monoisotopic (exact) mass is 217 g/mol. The van der Waals surface area contributed by atoms with Gasteiger partial charge in [0.25, 0.3) is 0 Å². The number of aromatic nitrogens is 2. The van der Waals surface area contributed by atoms with Gasteiger partial charge in [0.15, 0.2) is 0 Å². The van der Waals surface area contributed by atoms with Gasteiger partial charge >= 0.3 is 0 Å². The Balaban J connectivity index is 2.23. The molecular formula is C12H15N3O. The van der Waals surface area contributed by atoms with Gasteiger partial charge in [-0.25, -0.2) is 0 Å². The molecule has 16 heavy (non-hydrogen) atoms. The van der Waals surface area contributed by atoms with E-state index in [1.54, 1.807) is 7.11 Å². The summed E-state index contributed by atoms with van der Waals surface area (Å²) in [6.45, 7) is 1.97. The molecule has 0 aliphatic heterocycles. The van der Waals surface area contributed by atoms with Gasteiger partial charge in [0.05, 0.1) is 12.8 Å². The molecule has 0 atom stereocenters. The number of ether oxygens (including phenoxy) is 1. The lowest BCUT2D eigenvalue weighted by Gasteiger charge is -2.07. The average molecular weight is 217 g/mol. The largest absolute Gasteiger partial charge is 0.497 e. The number of aryl methyl sites for hydroxylation is 2. The number of rotatable bonds is 3. The van der Waals surface area contributed by atoms with Gasteiger partial charge in [0, 0.05) is 24.9 Å². The lowest BCUT2D eigenvalue weighted by molar-refractivity contribution is 0.415. The lowest BCUT2D eigenvalue weighted by Crippen LogP contribution is -1.99. The zero-order chi connectivity index (χ0) is 11.5. The molecule has 0 saturated carbocycles. The van der Waals surface area contributed by atoms with E-state index >= 15 is 0 Å². The van der Waals surface area contributed by atoms with Gasteiger partial charge < -0.3 is 10.1 Å². The van der Waals surface area contributed by atoms with Crippen LogP contribution in [0.25, 0.3) is 0 Å². The van der Waals surface area contributed by atoms with Crippen LogP contribution in [0.2, 0.25) is 0 Å². The third-order valence-electron chi connectivity index (χ3n) is 2.34. The highest BCUT2D eigenvalue weighted by Gasteiger charge is 2.02. The molecule has 0 aliphatic rings. The molecule has 84 valence electrons. The van der Waals surface area contributed by atoms with Crippen molar-refractivity contribution < 1.29 is 4.74 Å². The second-order valence-electron chi connectivity index (χ2n) is 3.65. The molecule has 0 bridgehead atoms. The third-order valence-corrected chi connectivity index (χ3v) is 2.34. The Kier molecular flexibility index (Phi) is 2.81. The van der Waals surface area contributed by atoms with E-state index in [-0.39, 0.29) is 0 Å². The SMILES string of the molecule is COc1cccc(Nc2cc(C)nn2C)c1. The van der Waals surface area contributed by atoms with Gasteiger partial charge in [0.1, 0.15) is 11.6 Å². The summed E-state index contributed by atoms with van der Waals surface area (Å²) >= 11 is 0. The molecule has 0 amide bonds. The Hall–Kier alpha value is -1.97. The van der Waals surface area contributed by atoms with Crippen molar-refractivity contribution in [1.29, 1.82) is 0 Å². The second kappa shape index (κ2) is 4.26. The van der Waals surface area contributed by atoms with Crippen molar-refractivity contribution in [2.45, 2.75) is 6.92 Å². The number of benzene rings is 1. The Morgan fingerprint density at radius 1 is 1.31 bits per heavy atom. The van der Waals surface area contributed by atoms with Crippen molar-refractivity contribution in [1.82, 2.24) is 9.78 Å². The van der Waals surface area contributed by atoms with Crippen LogP contribution in [0.1, 0.15) is 5.69 Å². The zero-order valence-corrected chi connectivity index (χ0v) is 9.69. The van der Waals surface area contributed by atoms with E-state index in [2.05, 4.69) is 10.4 Å². The van der Waals surface area contributed by atoms with Crippen molar-refractivity contribution in [2.24, 2.45) is 7.05 Å². The maximum absolute atomic E-state index is 5.17. The van der Waals surface area contributed by atoms with Crippen LogP contribution in [-0.2, 0) is 7.05 Å². The molecule has 0 aliphatic carbocycles. The van der Waals surface area contributed by atoms with Crippen molar-refractivity contribution in [2.75, 3.05) is 12.4 Å². The van der Waals surface area contributed by atoms with Crippen LogP contribution in [0.4, 0.5) is 11.5 Å². The molecule has 2 rings (SSSR count). The lowest BCUT2D eigenvalue weighted by atomic mass is 10.3. The van der Waals surface area contributed by atoms with E-state index in [0.29, 0.717) is 0 Å². The molecule has 1 aromatic heterocycles. The molecule has 4 heteroatoms. The quantitative estimate of drug-likeness (QED) is 0.858. The molecule has 0 fully saturated rings. The summed E-state index contributed by atoms with van der Waals surface area (Å²) < 4.78 is 6.98. The first-order valence-electron chi connectivity index (χ1n) is 5.11. The van der Waals surface area contributed by atoms with E-state index in [9.17, 15) is 0 Å². The van der Waals surface area contributed by atoms with Gasteiger partial charge in [0.2, 0.25) is 0 Å². The van der Waals surface area contributed by atoms with Crippen LogP contribution < -0.4 is 10.1 Å². The summed E-state index contributed by atoms with van der Waals surface area (Å²) in [5.41, 5.74) is 1.98. The summed E-state index contributed by atoms with van der Waals surface area (Å²) in [6, 6.07) is 9.80. The smallest absolute Gasteiger partial charge is 0.128 e. The molecule has 0 radical (unpaired) electrons. The van der Waals surface area contributed by atoms with Crippen LogP contribution >= 0.6 is 0 Å². The number of nitrogens with one attached hydrogen (secondary N) is 1. The zero-order valence-electron chi connectivity index (χ0n) is 9.69. The number of hydrogen-bond donors (Lipinski definition) is 1. The summed E-state index contributed by atoms with van der Waals surface area (Å²) in [5, 5.41) is 7.56. The minimum absolute atomic E-state index is 0.837. The predicted molar refractivity (Wildman–Crippen MR) is 64.2 cm³/mol. The van der Waals surface area contributed by atoms with Gasteiger partial charge in [-0.2, -0.15) is 5.10 Å². The van der Waals surface area contributed by atoms with Gasteiger partial charge in [-0.1, -0.05) is 6.07 Å². The molecule has 1 aromatic carbocycles. The van der Waals surface area contributed by atoms with E-state index in [4.69, 9.17) is 4.74 Å². The number of methoxy groups -OCH3 is 1. The summed E-state index contributed by atoms with van der Waals surface area (Å²) in [6.07, 6.45) is 0. The Morgan fingerprint density at radius 2 is 2.12 bits per heavy atom. The van der Waals surface area contributed by atoms with Gasteiger partial charge in [-0.15, -0.1) is 0 Å². The molecule has 1 N–H and O–H groups in total. The van der Waals surface area contributed by atoms with Crippen molar-refractivity contribution >= 4 is 11.5 Å². The van der Waals surface area contributed by atoms with Gasteiger partial charge in [-0.05, 0) is 19.1 Å². The molecule has 0 spiro atoms. The molecular weight excluding hydrogens is 202 g/mol. The third kappa shape index (κ3) is 2.16. The Bertz CT molecular complexity index is 491. The Labute approximate surface area is 94.9 Å². The first-order chi connectivity index (χ1) is 7.69. The fraction of sp³-hybridized carbons (Fsp3) is 0.250. The minimum Gasteiger partial charge on any atom is -0.497 e. The number of anilines is 2. The molecule has 4 nitrogen and oxygen atoms in total. The highest BCUT2D eigenvalue weighted by atomic mass is 16.5. The van der Waals surface area contributed by atoms with Gasteiger partial charge in [-0.3, -0.25) is 4.68 Å². The maximum atomic E-state index is 5.17. The van der Waals surface area contributed by atoms with Crippen LogP contribution in [-0.4, -0.2) is 16.9 Å². The Morgan fingerprint density at radius 3 is 2.75 bits per heavy atom. The van der Waals surface area contributed by atoms with Crippen LogP contribution in [0.3, 0.4) is 0 Å². The van der Waals surface area contributed by atoms with Crippen molar-refractivity contribution in [3.05, 3.63) is 36.0 Å². The first-order valence-corrected chi connectivity index (χ1v) is 5.11. The molecule has 0 unspecified atom stereocenters. The fourth-order valence-corrected chi connectivity index (χ4v) is 1.58. The van der Waals surface area contributed by atoms with Crippen LogP contribution in [0, 0.1) is 6.92 Å². The van der Waals surface area contributed by atoms with E-state index < -0.39 is 0 Å². The molecule has 0 saturated heterocycles. The molecule has 2 aromatic rings. The predicted octanol–water partition coefficient (Wildman–Crippen LogP) is 2.48. The standard InChI is InChI=1S/C12H15N3O/c1-9-7-12(15(2)14-9)13-10-5-4-6-11(8-10)16-3/h4-8,13H,1-3H3. The summed E-state index contributed by atoms with van der Waals surface area (Å²) in [5.74, 6) is 1.80. The number of nitrogens with zero attached hydrogens (tertiary/aromatic N) is 2. The first kappa shape index (κ1) is 10.5. The maximum Gasteiger partial charge on any atom is 0.128 e. The summed E-state index contributed by atoms with van der Waals surface area (Å²) in [4.78, 5) is 0. The van der Waals surface area contributed by atoms with E-state index in [0.717, 1.165) is 22.9 Å². The fourth-order valence-electron chi connectivity index (χ4n) is 1.58. The minimum atomic E-state index is 0.837. The van der Waals surface area contributed by atoms with Crippen molar-refractivity contribution in [3.63, 3.8) is 0 Å². The highest BCUT2D eigenvalue weighted by molar-refractivity contribution is 5.58. The normalized spacial score (nSPS) is 10.2. The van der Waals surface area contributed by atoms with Crippen LogP contribution in [0.15, 0.2) is 30.3 Å². The topological polar surface area (TPSA) is 39.1 Å². The van der Waals surface area contributed by atoms with Crippen molar-refractivity contribution in [3.8, 4) is 5.75 Å². The highest BCUT2D eigenvalue weighted by Crippen LogP contribution is 2.21. The molecule has 1 heterocycles. The summed E-state index contributed by atoms with van der Waals surface area (Å²) in [7, 11) is 3.57. The average Bonchev–Trinajstić information content (AvgIpc) is 2.58. The van der Waals surface area contributed by atoms with E-state index in [1.165, 1.54) is 0 Å². The van der Waals surface area contributed by atoms with Crippen LogP contribution in [0.5, 0.6) is 5.75 Å². The van der Waals surface area contributed by atoms with E-state index in [1.807, 2.05) is 49.0 Å². The second-order valence-corrected chi connectivity index (χ2v) is 3.65. The number of hydrogen-bond acceptors (Lipinski definition) is 3.